The van der Waals surface area contributed by atoms with Crippen LogP contribution in [0.5, 0.6) is 0 Å². The van der Waals surface area contributed by atoms with E-state index in [9.17, 15) is 9.59 Å². The predicted molar refractivity (Wildman–Crippen MR) is 111 cm³/mol. The average Bonchev–Trinajstić information content (AvgIpc) is 3.31. The van der Waals surface area contributed by atoms with E-state index in [1.165, 1.54) is 0 Å². The predicted octanol–water partition coefficient (Wildman–Crippen LogP) is 3.40. The average molecular weight is 409 g/mol. The summed E-state index contributed by atoms with van der Waals surface area (Å²) >= 11 is 1.56. The molecule has 1 saturated heterocycles. The fourth-order valence-electron chi connectivity index (χ4n) is 3.59. The maximum atomic E-state index is 11.9. The number of nitrogens with zero attached hydrogens (tertiary/aromatic N) is 3. The monoisotopic (exact) mass is 408 g/mol. The van der Waals surface area contributed by atoms with Crippen molar-refractivity contribution in [3.8, 4) is 0 Å². The van der Waals surface area contributed by atoms with E-state index in [1.54, 1.807) is 18.3 Å². The molecule has 0 radical (unpaired) electrons. The third-order valence-corrected chi connectivity index (χ3v) is 5.81. The van der Waals surface area contributed by atoms with Gasteiger partial charge in [0.1, 0.15) is 5.60 Å². The Morgan fingerprint density at radius 2 is 2.11 bits per heavy atom. The zero-order valence-corrected chi connectivity index (χ0v) is 18.2. The van der Waals surface area contributed by atoms with Crippen LogP contribution < -0.4 is 10.2 Å². The molecule has 8 heteroatoms. The molecule has 2 fully saturated rings. The van der Waals surface area contributed by atoms with Crippen LogP contribution in [0, 0.1) is 5.92 Å². The lowest BCUT2D eigenvalue weighted by atomic mass is 9.98. The molecule has 1 aromatic rings. The SMILES string of the molecule is CC(=O)N(c1nc(CN2CCCC(CNC(=O)OC(C)(C)C)C2)cs1)C1CC1. The maximum absolute atomic E-state index is 11.9. The van der Waals surface area contributed by atoms with Gasteiger partial charge in [-0.2, -0.15) is 0 Å². The minimum Gasteiger partial charge on any atom is -0.444 e. The quantitative estimate of drug-likeness (QED) is 0.781. The molecule has 2 heterocycles. The second-order valence-corrected chi connectivity index (χ2v) is 9.70. The highest BCUT2D eigenvalue weighted by Crippen LogP contribution is 2.34. The summed E-state index contributed by atoms with van der Waals surface area (Å²) in [6, 6.07) is 0.342. The number of piperidine rings is 1. The molecule has 3 rings (SSSR count). The number of aromatic nitrogens is 1. The van der Waals surface area contributed by atoms with Crippen molar-refractivity contribution in [1.29, 1.82) is 0 Å². The molecule has 1 saturated carbocycles. The Balaban J connectivity index is 1.48. The second kappa shape index (κ2) is 8.78. The Bertz CT molecular complexity index is 696. The van der Waals surface area contributed by atoms with Crippen LogP contribution in [0.3, 0.4) is 0 Å². The first-order valence-electron chi connectivity index (χ1n) is 10.1. The summed E-state index contributed by atoms with van der Waals surface area (Å²) < 4.78 is 5.32. The molecule has 1 aliphatic heterocycles. The molecule has 0 aromatic carbocycles. The number of hydrogen-bond donors (Lipinski definition) is 1. The summed E-state index contributed by atoms with van der Waals surface area (Å²) in [5.41, 5.74) is 0.548. The molecule has 28 heavy (non-hydrogen) atoms. The van der Waals surface area contributed by atoms with Gasteiger partial charge in [-0.3, -0.25) is 14.6 Å². The van der Waals surface area contributed by atoms with Crippen molar-refractivity contribution in [2.75, 3.05) is 24.5 Å². The Labute approximate surface area is 171 Å². The minimum absolute atomic E-state index is 0.0784. The number of alkyl carbamates (subject to hydrolysis) is 1. The van der Waals surface area contributed by atoms with E-state index in [-0.39, 0.29) is 12.0 Å². The first-order chi connectivity index (χ1) is 13.2. The molecule has 1 atom stereocenters. The van der Waals surface area contributed by atoms with Crippen molar-refractivity contribution >= 4 is 28.5 Å². The van der Waals surface area contributed by atoms with Crippen molar-refractivity contribution in [3.05, 3.63) is 11.1 Å². The number of ether oxygens (including phenoxy) is 1. The Kier molecular flexibility index (Phi) is 6.60. The molecule has 2 amide bonds. The van der Waals surface area contributed by atoms with E-state index in [0.29, 0.717) is 18.5 Å². The lowest BCUT2D eigenvalue weighted by Crippen LogP contribution is -2.42. The Morgan fingerprint density at radius 1 is 1.36 bits per heavy atom. The molecule has 156 valence electrons. The van der Waals surface area contributed by atoms with E-state index >= 15 is 0 Å². The van der Waals surface area contributed by atoms with Crippen LogP contribution in [0.4, 0.5) is 9.93 Å². The number of rotatable bonds is 6. The Morgan fingerprint density at radius 3 is 2.75 bits per heavy atom. The van der Waals surface area contributed by atoms with E-state index in [0.717, 1.165) is 56.1 Å². The van der Waals surface area contributed by atoms with Crippen LogP contribution in [0.2, 0.25) is 0 Å². The summed E-state index contributed by atoms with van der Waals surface area (Å²) in [5.74, 6) is 0.495. The van der Waals surface area contributed by atoms with Crippen LogP contribution in [0.1, 0.15) is 59.1 Å². The third-order valence-electron chi connectivity index (χ3n) is 4.92. The maximum Gasteiger partial charge on any atom is 0.407 e. The number of likely N-dealkylation sites (tertiary alicyclic amines) is 1. The summed E-state index contributed by atoms with van der Waals surface area (Å²) in [7, 11) is 0. The zero-order valence-electron chi connectivity index (χ0n) is 17.4. The minimum atomic E-state index is -0.473. The summed E-state index contributed by atoms with van der Waals surface area (Å²) in [4.78, 5) is 32.7. The van der Waals surface area contributed by atoms with Gasteiger partial charge in [-0.25, -0.2) is 9.78 Å². The number of hydrogen-bond acceptors (Lipinski definition) is 6. The summed E-state index contributed by atoms with van der Waals surface area (Å²) in [5, 5.41) is 5.79. The molecule has 1 aromatic heterocycles. The van der Waals surface area contributed by atoms with Crippen LogP contribution in [-0.2, 0) is 16.1 Å². The van der Waals surface area contributed by atoms with Gasteiger partial charge < -0.3 is 10.1 Å². The van der Waals surface area contributed by atoms with Crippen molar-refractivity contribution in [1.82, 2.24) is 15.2 Å². The van der Waals surface area contributed by atoms with E-state index in [4.69, 9.17) is 9.72 Å². The van der Waals surface area contributed by atoms with Gasteiger partial charge in [0.15, 0.2) is 5.13 Å². The zero-order chi connectivity index (χ0) is 20.3. The lowest BCUT2D eigenvalue weighted by Gasteiger charge is -2.32. The van der Waals surface area contributed by atoms with Crippen molar-refractivity contribution in [3.63, 3.8) is 0 Å². The Hall–Kier alpha value is -1.67. The van der Waals surface area contributed by atoms with Gasteiger partial charge in [-0.05, 0) is 58.9 Å². The first kappa shape index (κ1) is 21.0. The van der Waals surface area contributed by atoms with Gasteiger partial charge >= 0.3 is 6.09 Å². The molecule has 1 aliphatic carbocycles. The van der Waals surface area contributed by atoms with E-state index < -0.39 is 5.60 Å². The van der Waals surface area contributed by atoms with Gasteiger partial charge in [0, 0.05) is 38.0 Å². The summed E-state index contributed by atoms with van der Waals surface area (Å²) in [6.07, 6.45) is 4.02. The van der Waals surface area contributed by atoms with E-state index in [2.05, 4.69) is 15.6 Å². The van der Waals surface area contributed by atoms with Crippen LogP contribution in [0.25, 0.3) is 0 Å². The van der Waals surface area contributed by atoms with Crippen LogP contribution in [0.15, 0.2) is 5.38 Å². The summed E-state index contributed by atoms with van der Waals surface area (Å²) in [6.45, 7) is 10.6. The number of carbonyl (C=O) groups is 2. The normalized spacial score (nSPS) is 20.6. The highest BCUT2D eigenvalue weighted by atomic mass is 32.1. The van der Waals surface area contributed by atoms with Crippen LogP contribution >= 0.6 is 11.3 Å². The third kappa shape index (κ3) is 6.17. The molecule has 0 spiro atoms. The van der Waals surface area contributed by atoms with Gasteiger partial charge in [0.05, 0.1) is 5.69 Å². The number of anilines is 1. The largest absolute Gasteiger partial charge is 0.444 e. The fraction of sp³-hybridized carbons (Fsp3) is 0.750. The molecule has 7 nitrogen and oxygen atoms in total. The van der Waals surface area contributed by atoms with E-state index in [1.807, 2.05) is 25.7 Å². The number of carbonyl (C=O) groups excluding carboxylic acids is 2. The molecule has 1 unspecified atom stereocenters. The van der Waals surface area contributed by atoms with Gasteiger partial charge in [0.2, 0.25) is 5.91 Å². The molecular formula is C20H32N4O3S. The highest BCUT2D eigenvalue weighted by molar-refractivity contribution is 7.14. The van der Waals surface area contributed by atoms with Gasteiger partial charge in [0.25, 0.3) is 0 Å². The first-order valence-corrected chi connectivity index (χ1v) is 11.0. The standard InChI is InChI=1S/C20H32N4O3S/c1-14(25)24(17-7-8-17)18-22-16(13-28-18)12-23-9-5-6-15(11-23)10-21-19(26)27-20(2,3)4/h13,15,17H,5-12H2,1-4H3,(H,21,26). The number of nitrogens with one attached hydrogen (secondary N) is 1. The molecular weight excluding hydrogens is 376 g/mol. The molecule has 2 aliphatic rings. The van der Waals surface area contributed by atoms with Gasteiger partial charge in [-0.15, -0.1) is 11.3 Å². The number of thiazole rings is 1. The second-order valence-electron chi connectivity index (χ2n) is 8.87. The van der Waals surface area contributed by atoms with Crippen LogP contribution in [-0.4, -0.2) is 53.2 Å². The smallest absolute Gasteiger partial charge is 0.407 e. The van der Waals surface area contributed by atoms with Crippen molar-refractivity contribution in [2.24, 2.45) is 5.92 Å². The topological polar surface area (TPSA) is 74.8 Å². The molecule has 1 N–H and O–H groups in total. The fourth-order valence-corrected chi connectivity index (χ4v) is 4.52. The van der Waals surface area contributed by atoms with Crippen molar-refractivity contribution < 1.29 is 14.3 Å². The van der Waals surface area contributed by atoms with Gasteiger partial charge in [-0.1, -0.05) is 0 Å². The molecule has 0 bridgehead atoms. The highest BCUT2D eigenvalue weighted by Gasteiger charge is 2.34. The lowest BCUT2D eigenvalue weighted by molar-refractivity contribution is -0.116. The number of amides is 2. The van der Waals surface area contributed by atoms with Crippen molar-refractivity contribution in [2.45, 2.75) is 71.6 Å².